The summed E-state index contributed by atoms with van der Waals surface area (Å²) >= 11 is 0. The van der Waals surface area contributed by atoms with Gasteiger partial charge in [0.05, 0.1) is 0 Å². The maximum Gasteiger partial charge on any atom is 0.417 e. The van der Waals surface area contributed by atoms with E-state index in [4.69, 9.17) is 0 Å². The highest BCUT2D eigenvalue weighted by Crippen LogP contribution is 2.47. The molecule has 0 saturated heterocycles. The van der Waals surface area contributed by atoms with Crippen molar-refractivity contribution in [3.63, 3.8) is 0 Å². The van der Waals surface area contributed by atoms with Crippen molar-refractivity contribution in [2.75, 3.05) is 7.11 Å². The van der Waals surface area contributed by atoms with Crippen molar-refractivity contribution in [1.29, 1.82) is 0 Å². The van der Waals surface area contributed by atoms with Gasteiger partial charge in [-0.25, -0.2) is 0 Å². The van der Waals surface area contributed by atoms with Crippen molar-refractivity contribution in [2.24, 2.45) is 0 Å². The summed E-state index contributed by atoms with van der Waals surface area (Å²) in [6.07, 6.45) is -3.85. The number of carbonyl (C=O) groups excluding carboxylic acids is 1. The number of methoxy groups -OCH3 is 1. The van der Waals surface area contributed by atoms with Gasteiger partial charge in [0.2, 0.25) is 5.91 Å². The third-order valence-corrected chi connectivity index (χ3v) is 2.59. The summed E-state index contributed by atoms with van der Waals surface area (Å²) < 4.78 is 42.0. The van der Waals surface area contributed by atoms with Crippen LogP contribution < -0.4 is 5.32 Å². The Hall–Kier alpha value is -1.04. The van der Waals surface area contributed by atoms with Gasteiger partial charge in [0.1, 0.15) is 0 Å². The van der Waals surface area contributed by atoms with Gasteiger partial charge in [-0.15, -0.1) is 0 Å². The minimum absolute atomic E-state index is 0.243. The van der Waals surface area contributed by atoms with Crippen LogP contribution in [0, 0.1) is 0 Å². The number of amides is 1. The van der Waals surface area contributed by atoms with Crippen molar-refractivity contribution in [3.05, 3.63) is 12.7 Å². The van der Waals surface area contributed by atoms with Gasteiger partial charge in [0.25, 0.3) is 0 Å². The summed E-state index contributed by atoms with van der Waals surface area (Å²) in [5, 5.41) is 2.39. The molecule has 3 nitrogen and oxygen atoms in total. The molecule has 1 aliphatic carbocycles. The van der Waals surface area contributed by atoms with Crippen LogP contribution in [0.4, 0.5) is 13.2 Å². The van der Waals surface area contributed by atoms with E-state index < -0.39 is 23.7 Å². The lowest BCUT2D eigenvalue weighted by Gasteiger charge is -2.47. The summed E-state index contributed by atoms with van der Waals surface area (Å²) in [4.78, 5) is 10.8. The van der Waals surface area contributed by atoms with Gasteiger partial charge in [-0.2, -0.15) is 13.2 Å². The Balaban J connectivity index is 2.52. The first kappa shape index (κ1) is 12.0. The summed E-state index contributed by atoms with van der Waals surface area (Å²) in [6, 6.07) is -0.489. The summed E-state index contributed by atoms with van der Waals surface area (Å²) in [5.74, 6) is -0.466. The highest BCUT2D eigenvalue weighted by molar-refractivity contribution is 5.87. The fraction of sp³-hybridized carbons (Fsp3) is 0.667. The van der Waals surface area contributed by atoms with Crippen LogP contribution in [0.1, 0.15) is 12.8 Å². The lowest BCUT2D eigenvalue weighted by atomic mass is 9.74. The largest absolute Gasteiger partial charge is 0.417 e. The molecule has 1 aliphatic rings. The average Bonchev–Trinajstić information content (AvgIpc) is 2.07. The molecule has 1 amide bonds. The van der Waals surface area contributed by atoms with E-state index in [2.05, 4.69) is 16.6 Å². The molecule has 0 bridgehead atoms. The zero-order chi connectivity index (χ0) is 11.7. The van der Waals surface area contributed by atoms with Crippen LogP contribution in [0.25, 0.3) is 0 Å². The quantitative estimate of drug-likeness (QED) is 0.734. The number of rotatable bonds is 3. The van der Waals surface area contributed by atoms with Crippen molar-refractivity contribution < 1.29 is 22.7 Å². The number of alkyl halides is 3. The summed E-state index contributed by atoms with van der Waals surface area (Å²) in [7, 11) is 1.03. The fourth-order valence-corrected chi connectivity index (χ4v) is 1.61. The molecule has 1 N–H and O–H groups in total. The maximum atomic E-state index is 12.5. The van der Waals surface area contributed by atoms with Crippen LogP contribution in [0.5, 0.6) is 0 Å². The number of carbonyl (C=O) groups is 1. The normalized spacial score (nSPS) is 30.5. The van der Waals surface area contributed by atoms with E-state index in [9.17, 15) is 18.0 Å². The fourth-order valence-electron chi connectivity index (χ4n) is 1.61. The Morgan fingerprint density at radius 1 is 1.60 bits per heavy atom. The van der Waals surface area contributed by atoms with Gasteiger partial charge >= 0.3 is 6.18 Å². The highest BCUT2D eigenvalue weighted by Gasteiger charge is 2.63. The lowest BCUT2D eigenvalue weighted by molar-refractivity contribution is -0.301. The first-order chi connectivity index (χ1) is 6.84. The molecule has 0 aromatic heterocycles. The van der Waals surface area contributed by atoms with Crippen LogP contribution in [-0.2, 0) is 9.53 Å². The average molecular weight is 223 g/mol. The second kappa shape index (κ2) is 3.84. The monoisotopic (exact) mass is 223 g/mol. The second-order valence-electron chi connectivity index (χ2n) is 3.51. The smallest absolute Gasteiger partial charge is 0.369 e. The molecular formula is C9H12F3NO2. The van der Waals surface area contributed by atoms with Crippen molar-refractivity contribution in [3.8, 4) is 0 Å². The molecule has 1 saturated carbocycles. The summed E-state index contributed by atoms with van der Waals surface area (Å²) in [5.41, 5.74) is -2.09. The molecule has 0 aliphatic heterocycles. The van der Waals surface area contributed by atoms with E-state index in [0.29, 0.717) is 0 Å². The number of nitrogens with one attached hydrogen (secondary N) is 1. The first-order valence-corrected chi connectivity index (χ1v) is 4.39. The Morgan fingerprint density at radius 2 is 2.13 bits per heavy atom. The van der Waals surface area contributed by atoms with Crippen LogP contribution in [-0.4, -0.2) is 30.8 Å². The van der Waals surface area contributed by atoms with Crippen LogP contribution in [0.15, 0.2) is 12.7 Å². The number of hydrogen-bond donors (Lipinski definition) is 1. The number of halogens is 3. The Bertz CT molecular complexity index is 269. The van der Waals surface area contributed by atoms with E-state index >= 15 is 0 Å². The second-order valence-corrected chi connectivity index (χ2v) is 3.51. The van der Waals surface area contributed by atoms with Crippen molar-refractivity contribution >= 4 is 5.91 Å². The predicted molar refractivity (Wildman–Crippen MR) is 47.2 cm³/mol. The van der Waals surface area contributed by atoms with Crippen molar-refractivity contribution in [2.45, 2.75) is 30.7 Å². The Labute approximate surface area is 85.3 Å². The van der Waals surface area contributed by atoms with Gasteiger partial charge in [-0.05, 0) is 6.08 Å². The molecule has 0 radical (unpaired) electrons. The van der Waals surface area contributed by atoms with E-state index in [1.807, 2.05) is 0 Å². The molecular weight excluding hydrogens is 211 g/mol. The molecule has 15 heavy (non-hydrogen) atoms. The first-order valence-electron chi connectivity index (χ1n) is 4.39. The third kappa shape index (κ3) is 2.14. The standard InChI is InChI=1S/C9H12F3NO2/c1-3-7(14)13-6-4-8(5-6,15-2)9(10,11)12/h3,6H,1,4-5H2,2H3,(H,13,14). The van der Waals surface area contributed by atoms with E-state index in [-0.39, 0.29) is 12.8 Å². The minimum Gasteiger partial charge on any atom is -0.369 e. The van der Waals surface area contributed by atoms with Gasteiger partial charge in [-0.1, -0.05) is 6.58 Å². The molecule has 1 fully saturated rings. The SMILES string of the molecule is C=CC(=O)NC1CC(OC)(C(F)(F)F)C1. The van der Waals surface area contributed by atoms with Crippen LogP contribution in [0.3, 0.4) is 0 Å². The molecule has 0 aromatic rings. The van der Waals surface area contributed by atoms with Gasteiger partial charge in [-0.3, -0.25) is 4.79 Å². The summed E-state index contributed by atoms with van der Waals surface area (Å²) in [6.45, 7) is 3.21. The van der Waals surface area contributed by atoms with E-state index in [1.165, 1.54) is 0 Å². The molecule has 6 heteroatoms. The Morgan fingerprint density at radius 3 is 2.47 bits per heavy atom. The van der Waals surface area contributed by atoms with Gasteiger partial charge < -0.3 is 10.1 Å². The third-order valence-electron chi connectivity index (χ3n) is 2.59. The number of ether oxygens (including phenoxy) is 1. The molecule has 0 atom stereocenters. The molecule has 0 spiro atoms. The highest BCUT2D eigenvalue weighted by atomic mass is 19.4. The maximum absolute atomic E-state index is 12.5. The van der Waals surface area contributed by atoms with Gasteiger partial charge in [0, 0.05) is 26.0 Å². The predicted octanol–water partition coefficient (Wildman–Crippen LogP) is 1.40. The Kier molecular flexibility index (Phi) is 3.08. The topological polar surface area (TPSA) is 38.3 Å². The molecule has 0 aromatic carbocycles. The molecule has 0 unspecified atom stereocenters. The zero-order valence-electron chi connectivity index (χ0n) is 8.23. The molecule has 86 valence electrons. The van der Waals surface area contributed by atoms with Gasteiger partial charge in [0.15, 0.2) is 5.60 Å². The number of hydrogen-bond acceptors (Lipinski definition) is 2. The lowest BCUT2D eigenvalue weighted by Crippen LogP contribution is -2.63. The molecule has 1 rings (SSSR count). The minimum atomic E-state index is -4.39. The molecule has 0 heterocycles. The van der Waals surface area contributed by atoms with E-state index in [0.717, 1.165) is 13.2 Å². The van der Waals surface area contributed by atoms with Crippen LogP contribution in [0.2, 0.25) is 0 Å². The van der Waals surface area contributed by atoms with Crippen LogP contribution >= 0.6 is 0 Å². The van der Waals surface area contributed by atoms with E-state index in [1.54, 1.807) is 0 Å². The zero-order valence-corrected chi connectivity index (χ0v) is 8.23. The van der Waals surface area contributed by atoms with Crippen molar-refractivity contribution in [1.82, 2.24) is 5.32 Å².